The van der Waals surface area contributed by atoms with Crippen molar-refractivity contribution in [2.75, 3.05) is 41.3 Å². The van der Waals surface area contributed by atoms with Crippen LogP contribution in [0.1, 0.15) is 17.1 Å². The second-order valence-corrected chi connectivity index (χ2v) is 9.16. The monoisotopic (exact) mass is 505 g/mol. The molecular formula is C26H25Cl2N7. The van der Waals surface area contributed by atoms with Crippen LogP contribution < -0.4 is 15.1 Å². The molecule has 35 heavy (non-hydrogen) atoms. The molecule has 178 valence electrons. The summed E-state index contributed by atoms with van der Waals surface area (Å²) in [6.45, 7) is 5.29. The van der Waals surface area contributed by atoms with E-state index in [4.69, 9.17) is 33.2 Å². The van der Waals surface area contributed by atoms with Gasteiger partial charge >= 0.3 is 0 Å². The Hall–Kier alpha value is -3.55. The van der Waals surface area contributed by atoms with Crippen LogP contribution in [0.25, 0.3) is 12.2 Å². The number of hydrogen-bond acceptors (Lipinski definition) is 6. The SMILES string of the molecule is Cc1cc(Nc2cc(N3CCN(c4ccc(Cl)c(Cl)c4)CC3)nc(/C=C/c3ccccc3)n2)n[nH]1. The zero-order chi connectivity index (χ0) is 24.2. The van der Waals surface area contributed by atoms with Gasteiger partial charge in [-0.1, -0.05) is 59.6 Å². The minimum atomic E-state index is 0.568. The molecule has 7 nitrogen and oxygen atoms in total. The van der Waals surface area contributed by atoms with Crippen molar-refractivity contribution < 1.29 is 0 Å². The maximum Gasteiger partial charge on any atom is 0.156 e. The Morgan fingerprint density at radius 2 is 1.60 bits per heavy atom. The molecule has 0 spiro atoms. The molecule has 1 fully saturated rings. The van der Waals surface area contributed by atoms with E-state index in [2.05, 4.69) is 25.3 Å². The van der Waals surface area contributed by atoms with Crippen LogP contribution in [0.4, 0.5) is 23.1 Å². The lowest BCUT2D eigenvalue weighted by Crippen LogP contribution is -2.46. The first kappa shape index (κ1) is 23.2. The van der Waals surface area contributed by atoms with Crippen molar-refractivity contribution in [3.8, 4) is 0 Å². The lowest BCUT2D eigenvalue weighted by Gasteiger charge is -2.37. The van der Waals surface area contributed by atoms with Gasteiger partial charge in [0.05, 0.1) is 10.0 Å². The Labute approximate surface area is 214 Å². The summed E-state index contributed by atoms with van der Waals surface area (Å²) in [5.41, 5.74) is 3.14. The average Bonchev–Trinajstić information content (AvgIpc) is 3.29. The molecule has 0 amide bonds. The van der Waals surface area contributed by atoms with E-state index in [1.807, 2.05) is 79.7 Å². The van der Waals surface area contributed by atoms with Crippen LogP contribution in [0.15, 0.2) is 60.7 Å². The van der Waals surface area contributed by atoms with Crippen LogP contribution in [0.3, 0.4) is 0 Å². The summed E-state index contributed by atoms with van der Waals surface area (Å²) < 4.78 is 0. The maximum absolute atomic E-state index is 6.23. The highest BCUT2D eigenvalue weighted by Gasteiger charge is 2.20. The van der Waals surface area contributed by atoms with Crippen LogP contribution in [-0.4, -0.2) is 46.3 Å². The summed E-state index contributed by atoms with van der Waals surface area (Å²) in [4.78, 5) is 14.1. The smallest absolute Gasteiger partial charge is 0.156 e. The van der Waals surface area contributed by atoms with Gasteiger partial charge in [0.25, 0.3) is 0 Å². The molecule has 0 atom stereocenters. The highest BCUT2D eigenvalue weighted by molar-refractivity contribution is 6.42. The molecule has 1 aliphatic heterocycles. The number of nitrogens with zero attached hydrogens (tertiary/aromatic N) is 5. The average molecular weight is 506 g/mol. The normalized spacial score (nSPS) is 14.0. The third-order valence-electron chi connectivity index (χ3n) is 5.79. The minimum absolute atomic E-state index is 0.568. The number of aromatic nitrogens is 4. The van der Waals surface area contributed by atoms with E-state index < -0.39 is 0 Å². The lowest BCUT2D eigenvalue weighted by molar-refractivity contribution is 0.646. The van der Waals surface area contributed by atoms with Gasteiger partial charge in [0.2, 0.25) is 0 Å². The first-order chi connectivity index (χ1) is 17.0. The fourth-order valence-corrected chi connectivity index (χ4v) is 4.27. The minimum Gasteiger partial charge on any atom is -0.368 e. The van der Waals surface area contributed by atoms with E-state index in [0.717, 1.165) is 54.8 Å². The number of halogens is 2. The Balaban J connectivity index is 1.37. The van der Waals surface area contributed by atoms with E-state index in [1.165, 1.54) is 0 Å². The van der Waals surface area contributed by atoms with Crippen molar-refractivity contribution in [2.45, 2.75) is 6.92 Å². The van der Waals surface area contributed by atoms with Gasteiger partial charge in [-0.3, -0.25) is 5.10 Å². The summed E-state index contributed by atoms with van der Waals surface area (Å²) >= 11 is 12.3. The molecule has 5 rings (SSSR count). The van der Waals surface area contributed by atoms with E-state index in [1.54, 1.807) is 0 Å². The van der Waals surface area contributed by atoms with E-state index in [0.29, 0.717) is 21.7 Å². The number of anilines is 4. The van der Waals surface area contributed by atoms with Gasteiger partial charge in [-0.05, 0) is 36.8 Å². The Morgan fingerprint density at radius 3 is 2.31 bits per heavy atom. The van der Waals surface area contributed by atoms with Crippen molar-refractivity contribution in [3.63, 3.8) is 0 Å². The summed E-state index contributed by atoms with van der Waals surface area (Å²) in [7, 11) is 0. The first-order valence-corrected chi connectivity index (χ1v) is 12.2. The second kappa shape index (κ2) is 10.4. The molecule has 4 aromatic rings. The number of aromatic amines is 1. The van der Waals surface area contributed by atoms with E-state index in [-0.39, 0.29) is 0 Å². The Kier molecular flexibility index (Phi) is 6.88. The standard InChI is InChI=1S/C26H25Cl2N7/c1-18-15-25(33-32-18)30-24-17-26(31-23(29-24)10-7-19-5-3-2-4-6-19)35-13-11-34(12-14-35)20-8-9-21(27)22(28)16-20/h2-10,15-17H,11-14H2,1H3,(H2,29,30,31,32,33)/b10-7+. The summed E-state index contributed by atoms with van der Waals surface area (Å²) in [6.07, 6.45) is 3.95. The molecular weight excluding hydrogens is 481 g/mol. The molecule has 0 unspecified atom stereocenters. The number of aryl methyl sites for hydroxylation is 1. The zero-order valence-electron chi connectivity index (χ0n) is 19.2. The highest BCUT2D eigenvalue weighted by atomic mass is 35.5. The fourth-order valence-electron chi connectivity index (χ4n) is 3.98. The van der Waals surface area contributed by atoms with Crippen LogP contribution in [0, 0.1) is 6.92 Å². The number of rotatable bonds is 6. The molecule has 2 aromatic heterocycles. The van der Waals surface area contributed by atoms with Crippen LogP contribution in [-0.2, 0) is 0 Å². The van der Waals surface area contributed by atoms with Crippen molar-refractivity contribution in [3.05, 3.63) is 87.8 Å². The molecule has 1 aliphatic rings. The first-order valence-electron chi connectivity index (χ1n) is 11.4. The lowest BCUT2D eigenvalue weighted by atomic mass is 10.2. The van der Waals surface area contributed by atoms with Gasteiger partial charge in [-0.2, -0.15) is 5.10 Å². The van der Waals surface area contributed by atoms with Crippen molar-refractivity contribution in [1.82, 2.24) is 20.2 Å². The molecule has 2 N–H and O–H groups in total. The largest absolute Gasteiger partial charge is 0.368 e. The van der Waals surface area contributed by atoms with Gasteiger partial charge in [-0.25, -0.2) is 9.97 Å². The topological polar surface area (TPSA) is 73.0 Å². The Morgan fingerprint density at radius 1 is 0.829 bits per heavy atom. The van der Waals surface area contributed by atoms with Crippen LogP contribution in [0.5, 0.6) is 0 Å². The van der Waals surface area contributed by atoms with Crippen LogP contribution in [0.2, 0.25) is 10.0 Å². The predicted octanol–water partition coefficient (Wildman–Crippen LogP) is 6.06. The second-order valence-electron chi connectivity index (χ2n) is 8.35. The molecule has 1 saturated heterocycles. The highest BCUT2D eigenvalue weighted by Crippen LogP contribution is 2.29. The van der Waals surface area contributed by atoms with E-state index in [9.17, 15) is 0 Å². The number of piperazine rings is 1. The van der Waals surface area contributed by atoms with Crippen molar-refractivity contribution in [1.29, 1.82) is 0 Å². The molecule has 0 bridgehead atoms. The Bertz CT molecular complexity index is 1330. The molecule has 0 saturated carbocycles. The third kappa shape index (κ3) is 5.75. The van der Waals surface area contributed by atoms with Gasteiger partial charge in [0.15, 0.2) is 11.6 Å². The molecule has 2 aromatic carbocycles. The third-order valence-corrected chi connectivity index (χ3v) is 6.53. The molecule has 0 aliphatic carbocycles. The van der Waals surface area contributed by atoms with E-state index >= 15 is 0 Å². The maximum atomic E-state index is 6.23. The van der Waals surface area contributed by atoms with Gasteiger partial charge in [0, 0.05) is 49.7 Å². The number of nitrogens with one attached hydrogen (secondary N) is 2. The number of hydrogen-bond donors (Lipinski definition) is 2. The molecule has 3 heterocycles. The van der Waals surface area contributed by atoms with Crippen molar-refractivity contribution in [2.24, 2.45) is 0 Å². The summed E-state index contributed by atoms with van der Waals surface area (Å²) in [5, 5.41) is 11.7. The van der Waals surface area contributed by atoms with Crippen LogP contribution >= 0.6 is 23.2 Å². The number of benzene rings is 2. The molecule has 0 radical (unpaired) electrons. The quantitative estimate of drug-likeness (QED) is 0.332. The fraction of sp³-hybridized carbons (Fsp3) is 0.192. The molecule has 9 heteroatoms. The number of H-pyrrole nitrogens is 1. The van der Waals surface area contributed by atoms with Gasteiger partial charge in [-0.15, -0.1) is 0 Å². The predicted molar refractivity (Wildman–Crippen MR) is 145 cm³/mol. The summed E-state index contributed by atoms with van der Waals surface area (Å²) in [6, 6.07) is 19.8. The van der Waals surface area contributed by atoms with Crippen molar-refractivity contribution >= 4 is 58.5 Å². The van der Waals surface area contributed by atoms with Gasteiger partial charge in [0.1, 0.15) is 11.6 Å². The zero-order valence-corrected chi connectivity index (χ0v) is 20.8. The summed E-state index contributed by atoms with van der Waals surface area (Å²) in [5.74, 6) is 2.92. The van der Waals surface area contributed by atoms with Gasteiger partial charge < -0.3 is 15.1 Å².